The Labute approximate surface area is 91.0 Å². The second kappa shape index (κ2) is 5.49. The lowest BCUT2D eigenvalue weighted by Crippen LogP contribution is -2.35. The summed E-state index contributed by atoms with van der Waals surface area (Å²) in [5.74, 6) is -0.599. The maximum Gasteiger partial charge on any atom is 0.522 e. The van der Waals surface area contributed by atoms with Gasteiger partial charge in [0.1, 0.15) is 0 Å². The van der Waals surface area contributed by atoms with Gasteiger partial charge >= 0.3 is 12.3 Å². The van der Waals surface area contributed by atoms with Gasteiger partial charge in [-0.05, 0) is 18.8 Å². The molecule has 0 aromatic heterocycles. The topological polar surface area (TPSA) is 49.8 Å². The minimum atomic E-state index is -4.64. The normalized spacial score (nSPS) is 16.8. The molecule has 1 saturated carbocycles. The van der Waals surface area contributed by atoms with Crippen molar-refractivity contribution in [2.24, 2.45) is 5.92 Å². The van der Waals surface area contributed by atoms with Crippen LogP contribution < -0.4 is 0 Å². The van der Waals surface area contributed by atoms with Crippen molar-refractivity contribution in [2.45, 2.75) is 19.2 Å². The van der Waals surface area contributed by atoms with E-state index in [2.05, 4.69) is 4.74 Å². The van der Waals surface area contributed by atoms with Crippen molar-refractivity contribution in [3.8, 4) is 0 Å². The van der Waals surface area contributed by atoms with Gasteiger partial charge < -0.3 is 5.11 Å². The zero-order valence-electron chi connectivity index (χ0n) is 8.66. The summed E-state index contributed by atoms with van der Waals surface area (Å²) in [6.45, 7) is -0.239. The van der Waals surface area contributed by atoms with E-state index in [-0.39, 0.29) is 13.1 Å². The van der Waals surface area contributed by atoms with Gasteiger partial charge in [-0.3, -0.25) is 14.4 Å². The lowest BCUT2D eigenvalue weighted by atomic mass is 10.3. The Hall–Kier alpha value is -0.820. The van der Waals surface area contributed by atoms with E-state index < -0.39 is 18.9 Å². The highest BCUT2D eigenvalue weighted by molar-refractivity contribution is 5.69. The first kappa shape index (κ1) is 13.2. The first-order valence-electron chi connectivity index (χ1n) is 5.01. The molecule has 1 aliphatic carbocycles. The molecular weight excluding hydrogens is 227 g/mol. The van der Waals surface area contributed by atoms with Crippen LogP contribution in [-0.2, 0) is 9.53 Å². The Morgan fingerprint density at radius 1 is 1.44 bits per heavy atom. The number of halogens is 3. The molecule has 0 aliphatic heterocycles. The molecule has 0 atom stereocenters. The van der Waals surface area contributed by atoms with E-state index in [0.717, 1.165) is 12.8 Å². The van der Waals surface area contributed by atoms with Crippen molar-refractivity contribution in [3.05, 3.63) is 0 Å². The first-order chi connectivity index (χ1) is 7.37. The number of carbonyl (C=O) groups is 1. The average molecular weight is 241 g/mol. The van der Waals surface area contributed by atoms with Crippen molar-refractivity contribution in [3.63, 3.8) is 0 Å². The van der Waals surface area contributed by atoms with Crippen LogP contribution >= 0.6 is 0 Å². The fourth-order valence-electron chi connectivity index (χ4n) is 1.38. The van der Waals surface area contributed by atoms with E-state index in [1.54, 1.807) is 0 Å². The minimum Gasteiger partial charge on any atom is -0.480 e. The van der Waals surface area contributed by atoms with Crippen LogP contribution in [0.15, 0.2) is 0 Å². The SMILES string of the molecule is O=C(O)CN(CCOC(F)(F)F)CC1CC1. The van der Waals surface area contributed by atoms with Gasteiger partial charge in [0, 0.05) is 13.1 Å². The van der Waals surface area contributed by atoms with Crippen LogP contribution in [0.3, 0.4) is 0 Å². The molecule has 0 bridgehead atoms. The van der Waals surface area contributed by atoms with E-state index in [1.165, 1.54) is 4.90 Å². The standard InChI is InChI=1S/C9H14F3NO3/c10-9(11,12)16-4-3-13(6-8(14)15)5-7-1-2-7/h7H,1-6H2,(H,14,15). The molecule has 1 fully saturated rings. The van der Waals surface area contributed by atoms with E-state index >= 15 is 0 Å². The molecule has 7 heteroatoms. The molecule has 0 amide bonds. The molecule has 0 spiro atoms. The summed E-state index contributed by atoms with van der Waals surface area (Å²) >= 11 is 0. The van der Waals surface area contributed by atoms with Gasteiger partial charge in [-0.2, -0.15) is 0 Å². The van der Waals surface area contributed by atoms with Gasteiger partial charge in [0.05, 0.1) is 13.2 Å². The monoisotopic (exact) mass is 241 g/mol. The summed E-state index contributed by atoms with van der Waals surface area (Å²) in [4.78, 5) is 11.9. The Bertz CT molecular complexity index is 241. The van der Waals surface area contributed by atoms with Gasteiger partial charge in [-0.1, -0.05) is 0 Å². The van der Waals surface area contributed by atoms with Crippen molar-refractivity contribution in [1.29, 1.82) is 0 Å². The number of carboxylic acids is 1. The fourth-order valence-corrected chi connectivity index (χ4v) is 1.38. The number of ether oxygens (including phenoxy) is 1. The van der Waals surface area contributed by atoms with E-state index in [0.29, 0.717) is 12.5 Å². The van der Waals surface area contributed by atoms with Gasteiger partial charge in [0.25, 0.3) is 0 Å². The molecule has 1 aliphatic rings. The predicted molar refractivity (Wildman–Crippen MR) is 48.8 cm³/mol. The number of alkyl halides is 3. The molecule has 0 saturated heterocycles. The molecule has 1 rings (SSSR count). The molecule has 0 radical (unpaired) electrons. The van der Waals surface area contributed by atoms with Crippen LogP contribution in [0.1, 0.15) is 12.8 Å². The number of aliphatic carboxylic acids is 1. The fraction of sp³-hybridized carbons (Fsp3) is 0.889. The van der Waals surface area contributed by atoms with Gasteiger partial charge in [-0.15, -0.1) is 13.2 Å². The number of rotatable bonds is 7. The maximum absolute atomic E-state index is 11.7. The summed E-state index contributed by atoms with van der Waals surface area (Å²) < 4.78 is 38.7. The average Bonchev–Trinajstić information content (AvgIpc) is 2.84. The zero-order chi connectivity index (χ0) is 12.2. The lowest BCUT2D eigenvalue weighted by molar-refractivity contribution is -0.325. The third-order valence-corrected chi connectivity index (χ3v) is 2.25. The molecule has 0 aromatic rings. The lowest BCUT2D eigenvalue weighted by Gasteiger charge is -2.20. The third kappa shape index (κ3) is 6.62. The quantitative estimate of drug-likeness (QED) is 0.730. The van der Waals surface area contributed by atoms with E-state index in [9.17, 15) is 18.0 Å². The Balaban J connectivity index is 2.22. The Morgan fingerprint density at radius 2 is 2.06 bits per heavy atom. The van der Waals surface area contributed by atoms with Crippen LogP contribution in [-0.4, -0.2) is 48.6 Å². The highest BCUT2D eigenvalue weighted by atomic mass is 19.4. The van der Waals surface area contributed by atoms with Crippen LogP contribution in [0.25, 0.3) is 0 Å². The van der Waals surface area contributed by atoms with Crippen LogP contribution in [0.2, 0.25) is 0 Å². The number of hydrogen-bond donors (Lipinski definition) is 1. The minimum absolute atomic E-state index is 0.0116. The predicted octanol–water partition coefficient (Wildman–Crippen LogP) is 1.32. The molecule has 16 heavy (non-hydrogen) atoms. The van der Waals surface area contributed by atoms with Gasteiger partial charge in [-0.25, -0.2) is 0 Å². The summed E-state index contributed by atoms with van der Waals surface area (Å²) in [5.41, 5.74) is 0. The van der Waals surface area contributed by atoms with Crippen LogP contribution in [0.5, 0.6) is 0 Å². The zero-order valence-corrected chi connectivity index (χ0v) is 8.66. The molecule has 0 unspecified atom stereocenters. The molecule has 0 heterocycles. The number of carboxylic acid groups (broad SMARTS) is 1. The maximum atomic E-state index is 11.7. The Kier molecular flexibility index (Phi) is 4.55. The second-order valence-corrected chi connectivity index (χ2v) is 3.87. The molecule has 1 N–H and O–H groups in total. The summed E-state index contributed by atoms with van der Waals surface area (Å²) in [5, 5.41) is 8.57. The van der Waals surface area contributed by atoms with Crippen LogP contribution in [0, 0.1) is 5.92 Å². The highest BCUT2D eigenvalue weighted by Gasteiger charge is 2.30. The summed E-state index contributed by atoms with van der Waals surface area (Å²) in [6, 6.07) is 0. The van der Waals surface area contributed by atoms with E-state index in [4.69, 9.17) is 5.11 Å². The number of nitrogens with zero attached hydrogens (tertiary/aromatic N) is 1. The Morgan fingerprint density at radius 3 is 2.50 bits per heavy atom. The second-order valence-electron chi connectivity index (χ2n) is 3.87. The third-order valence-electron chi connectivity index (χ3n) is 2.25. The van der Waals surface area contributed by atoms with Gasteiger partial charge in [0.15, 0.2) is 0 Å². The van der Waals surface area contributed by atoms with Crippen molar-refractivity contribution in [1.82, 2.24) is 4.90 Å². The summed E-state index contributed by atoms with van der Waals surface area (Å²) in [7, 11) is 0. The molecular formula is C9H14F3NO3. The number of hydrogen-bond acceptors (Lipinski definition) is 3. The van der Waals surface area contributed by atoms with Crippen molar-refractivity contribution < 1.29 is 27.8 Å². The van der Waals surface area contributed by atoms with Crippen molar-refractivity contribution >= 4 is 5.97 Å². The van der Waals surface area contributed by atoms with Crippen molar-refractivity contribution in [2.75, 3.05) is 26.2 Å². The largest absolute Gasteiger partial charge is 0.522 e. The van der Waals surface area contributed by atoms with Gasteiger partial charge in [0.2, 0.25) is 0 Å². The molecule has 0 aromatic carbocycles. The smallest absolute Gasteiger partial charge is 0.480 e. The molecule has 94 valence electrons. The summed E-state index contributed by atoms with van der Waals surface area (Å²) in [6.07, 6.45) is -2.60. The first-order valence-corrected chi connectivity index (χ1v) is 5.01. The highest BCUT2D eigenvalue weighted by Crippen LogP contribution is 2.29. The van der Waals surface area contributed by atoms with E-state index in [1.807, 2.05) is 0 Å². The van der Waals surface area contributed by atoms with Crippen LogP contribution in [0.4, 0.5) is 13.2 Å². The molecule has 4 nitrogen and oxygen atoms in total.